The maximum atomic E-state index is 10.4. The second-order valence-electron chi connectivity index (χ2n) is 4.45. The lowest BCUT2D eigenvalue weighted by molar-refractivity contribution is 0.514. The lowest BCUT2D eigenvalue weighted by Gasteiger charge is -2.05. The van der Waals surface area contributed by atoms with E-state index in [1.54, 1.807) is 12.1 Å². The van der Waals surface area contributed by atoms with E-state index in [0.717, 1.165) is 10.2 Å². The number of rotatable bonds is 2. The van der Waals surface area contributed by atoms with Crippen LogP contribution in [0.15, 0.2) is 42.5 Å². The maximum Gasteiger partial charge on any atom is 0.145 e. The van der Waals surface area contributed by atoms with Gasteiger partial charge in [0, 0.05) is 10.6 Å². The number of aromatic nitrogens is 1. The molecule has 0 fully saturated rings. The van der Waals surface area contributed by atoms with Gasteiger partial charge in [0.25, 0.3) is 0 Å². The molecule has 0 aliphatic carbocycles. The highest BCUT2D eigenvalue weighted by Gasteiger charge is 2.17. The largest absolute Gasteiger partial charge is 0.506 e. The fourth-order valence-electron chi connectivity index (χ4n) is 1.99. The first kappa shape index (κ1) is 14.9. The molecule has 0 aliphatic rings. The number of halogens is 2. The molecule has 2 aromatic carbocycles. The van der Waals surface area contributed by atoms with E-state index in [4.69, 9.17) is 23.2 Å². The summed E-state index contributed by atoms with van der Waals surface area (Å²) in [6.45, 7) is 0. The van der Waals surface area contributed by atoms with Gasteiger partial charge in [0.05, 0.1) is 15.2 Å². The standard InChI is InChI=1S/C16H8Cl2N2OS/c17-9-5-6-12(18)10(7-9)15(21)11(8-19)16-20-13-3-1-2-4-14(13)22-16/h1-7,21H. The summed E-state index contributed by atoms with van der Waals surface area (Å²) in [7, 11) is 0. The first-order valence-corrected chi connectivity index (χ1v) is 7.82. The monoisotopic (exact) mass is 346 g/mol. The summed E-state index contributed by atoms with van der Waals surface area (Å²) in [5.41, 5.74) is 1.16. The van der Waals surface area contributed by atoms with Crippen molar-refractivity contribution in [2.24, 2.45) is 0 Å². The molecule has 3 rings (SSSR count). The summed E-state index contributed by atoms with van der Waals surface area (Å²) in [6.07, 6.45) is 0. The molecule has 0 atom stereocenters. The molecule has 6 heteroatoms. The van der Waals surface area contributed by atoms with Crippen LogP contribution in [0.2, 0.25) is 10.0 Å². The smallest absolute Gasteiger partial charge is 0.145 e. The second-order valence-corrected chi connectivity index (χ2v) is 6.32. The van der Waals surface area contributed by atoms with Crippen molar-refractivity contribution in [2.45, 2.75) is 0 Å². The SMILES string of the molecule is N#CC(=C(O)c1cc(Cl)ccc1Cl)c1nc2ccccc2s1. The van der Waals surface area contributed by atoms with Crippen molar-refractivity contribution in [1.82, 2.24) is 4.98 Å². The van der Waals surface area contributed by atoms with Crippen molar-refractivity contribution in [3.63, 3.8) is 0 Å². The third-order valence-corrected chi connectivity index (χ3v) is 4.66. The Morgan fingerprint density at radius 1 is 1.18 bits per heavy atom. The third-order valence-electron chi connectivity index (χ3n) is 3.04. The average molecular weight is 347 g/mol. The van der Waals surface area contributed by atoms with Crippen LogP contribution in [0.4, 0.5) is 0 Å². The zero-order valence-electron chi connectivity index (χ0n) is 11.0. The van der Waals surface area contributed by atoms with Gasteiger partial charge in [-0.2, -0.15) is 5.26 Å². The number of benzene rings is 2. The molecule has 0 aliphatic heterocycles. The molecule has 1 heterocycles. The molecule has 108 valence electrons. The molecule has 0 saturated carbocycles. The van der Waals surface area contributed by atoms with Crippen molar-refractivity contribution in [1.29, 1.82) is 5.26 Å². The number of allylic oxidation sites excluding steroid dienone is 1. The quantitative estimate of drug-likeness (QED) is 0.488. The summed E-state index contributed by atoms with van der Waals surface area (Å²) < 4.78 is 0.940. The number of nitriles is 1. The fraction of sp³-hybridized carbons (Fsp3) is 0. The van der Waals surface area contributed by atoms with Crippen molar-refractivity contribution in [3.8, 4) is 6.07 Å². The minimum Gasteiger partial charge on any atom is -0.506 e. The average Bonchev–Trinajstić information content (AvgIpc) is 2.93. The van der Waals surface area contributed by atoms with E-state index in [1.807, 2.05) is 30.3 Å². The van der Waals surface area contributed by atoms with Crippen molar-refractivity contribution >= 4 is 56.1 Å². The molecule has 0 radical (unpaired) electrons. The van der Waals surface area contributed by atoms with Gasteiger partial charge >= 0.3 is 0 Å². The Balaban J connectivity index is 2.20. The Labute approximate surface area is 140 Å². The normalized spacial score (nSPS) is 12.0. The lowest BCUT2D eigenvalue weighted by atomic mass is 10.1. The summed E-state index contributed by atoms with van der Waals surface area (Å²) in [6, 6.07) is 14.2. The number of nitrogens with zero attached hydrogens (tertiary/aromatic N) is 2. The molecule has 1 N–H and O–H groups in total. The van der Waals surface area contributed by atoms with Gasteiger partial charge in [0.15, 0.2) is 0 Å². The molecule has 0 unspecified atom stereocenters. The highest BCUT2D eigenvalue weighted by Crippen LogP contribution is 2.33. The van der Waals surface area contributed by atoms with Crippen LogP contribution in [0.1, 0.15) is 10.6 Å². The molecule has 0 saturated heterocycles. The van der Waals surface area contributed by atoms with Crippen LogP contribution in [-0.2, 0) is 0 Å². The van der Waals surface area contributed by atoms with Gasteiger partial charge in [-0.1, -0.05) is 35.3 Å². The van der Waals surface area contributed by atoms with E-state index < -0.39 is 0 Å². The summed E-state index contributed by atoms with van der Waals surface area (Å²) in [5.74, 6) is -0.228. The van der Waals surface area contributed by atoms with E-state index in [9.17, 15) is 10.4 Å². The van der Waals surface area contributed by atoms with Gasteiger partial charge in [0.1, 0.15) is 22.4 Å². The van der Waals surface area contributed by atoms with Crippen LogP contribution in [0, 0.1) is 11.3 Å². The van der Waals surface area contributed by atoms with Crippen molar-refractivity contribution in [3.05, 3.63) is 63.1 Å². The number of para-hydroxylation sites is 1. The van der Waals surface area contributed by atoms with Gasteiger partial charge < -0.3 is 5.11 Å². The molecule has 0 spiro atoms. The summed E-state index contributed by atoms with van der Waals surface area (Å²) in [4.78, 5) is 4.38. The van der Waals surface area contributed by atoms with Crippen LogP contribution < -0.4 is 0 Å². The van der Waals surface area contributed by atoms with Gasteiger partial charge in [-0.25, -0.2) is 4.98 Å². The molecular formula is C16H8Cl2N2OS. The molecular weight excluding hydrogens is 339 g/mol. The topological polar surface area (TPSA) is 56.9 Å². The maximum absolute atomic E-state index is 10.4. The van der Waals surface area contributed by atoms with Crippen LogP contribution >= 0.6 is 34.5 Å². The second kappa shape index (κ2) is 5.98. The molecule has 3 nitrogen and oxygen atoms in total. The molecule has 22 heavy (non-hydrogen) atoms. The third kappa shape index (κ3) is 2.67. The first-order chi connectivity index (χ1) is 10.6. The van der Waals surface area contributed by atoms with Crippen LogP contribution in [-0.4, -0.2) is 10.1 Å². The Bertz CT molecular complexity index is 908. The minimum atomic E-state index is -0.228. The lowest BCUT2D eigenvalue weighted by Crippen LogP contribution is -1.91. The zero-order valence-corrected chi connectivity index (χ0v) is 13.4. The van der Waals surface area contributed by atoms with E-state index >= 15 is 0 Å². The van der Waals surface area contributed by atoms with E-state index in [-0.39, 0.29) is 11.3 Å². The predicted octanol–water partition coefficient (Wildman–Crippen LogP) is 5.55. The zero-order chi connectivity index (χ0) is 15.7. The van der Waals surface area contributed by atoms with E-state index in [0.29, 0.717) is 20.6 Å². The van der Waals surface area contributed by atoms with Gasteiger partial charge in [-0.05, 0) is 30.3 Å². The van der Waals surface area contributed by atoms with Crippen LogP contribution in [0.3, 0.4) is 0 Å². The van der Waals surface area contributed by atoms with Crippen LogP contribution in [0.5, 0.6) is 0 Å². The van der Waals surface area contributed by atoms with Gasteiger partial charge in [-0.3, -0.25) is 0 Å². The Hall–Kier alpha value is -2.06. The number of aliphatic hydroxyl groups is 1. The summed E-state index contributed by atoms with van der Waals surface area (Å²) >= 11 is 13.3. The first-order valence-electron chi connectivity index (χ1n) is 6.25. The minimum absolute atomic E-state index is 0.0744. The number of fused-ring (bicyclic) bond motifs is 1. The Morgan fingerprint density at radius 2 is 1.95 bits per heavy atom. The van der Waals surface area contributed by atoms with Crippen molar-refractivity contribution < 1.29 is 5.11 Å². The fourth-order valence-corrected chi connectivity index (χ4v) is 3.34. The van der Waals surface area contributed by atoms with Gasteiger partial charge in [-0.15, -0.1) is 11.3 Å². The Kier molecular flexibility index (Phi) is 4.04. The van der Waals surface area contributed by atoms with E-state index in [1.165, 1.54) is 17.4 Å². The summed E-state index contributed by atoms with van der Waals surface area (Å²) in [5, 5.41) is 21.0. The van der Waals surface area contributed by atoms with Gasteiger partial charge in [0.2, 0.25) is 0 Å². The highest BCUT2D eigenvalue weighted by molar-refractivity contribution is 7.19. The molecule has 0 bridgehead atoms. The number of hydrogen-bond donors (Lipinski definition) is 1. The van der Waals surface area contributed by atoms with Crippen LogP contribution in [0.25, 0.3) is 21.5 Å². The highest BCUT2D eigenvalue weighted by atomic mass is 35.5. The molecule has 1 aromatic heterocycles. The van der Waals surface area contributed by atoms with E-state index in [2.05, 4.69) is 4.98 Å². The number of hydrogen-bond acceptors (Lipinski definition) is 4. The number of thiazole rings is 1. The predicted molar refractivity (Wildman–Crippen MR) is 91.1 cm³/mol. The number of aliphatic hydroxyl groups excluding tert-OH is 1. The van der Waals surface area contributed by atoms with Crippen molar-refractivity contribution in [2.75, 3.05) is 0 Å². The molecule has 3 aromatic rings. The Morgan fingerprint density at radius 3 is 2.68 bits per heavy atom. The molecule has 0 amide bonds.